The molecule has 0 saturated carbocycles. The van der Waals surface area contributed by atoms with Gasteiger partial charge in [0.05, 0.1) is 35.0 Å². The summed E-state index contributed by atoms with van der Waals surface area (Å²) in [7, 11) is 0. The lowest BCUT2D eigenvalue weighted by atomic mass is 9.99. The first kappa shape index (κ1) is 20.6. The van der Waals surface area contributed by atoms with Crippen LogP contribution in [0.25, 0.3) is 5.69 Å². The number of nitrogens with zero attached hydrogens (tertiary/aromatic N) is 6. The van der Waals surface area contributed by atoms with Crippen LogP contribution in [0.3, 0.4) is 0 Å². The van der Waals surface area contributed by atoms with Gasteiger partial charge in [0.1, 0.15) is 6.04 Å². The number of benzene rings is 3. The molecule has 0 amide bonds. The first-order valence-electron chi connectivity index (χ1n) is 12.1. The van der Waals surface area contributed by atoms with Crippen LogP contribution in [0, 0.1) is 6.92 Å². The van der Waals surface area contributed by atoms with Crippen molar-refractivity contribution in [1.82, 2.24) is 14.8 Å². The first-order chi connectivity index (χ1) is 17.8. The minimum absolute atomic E-state index is 0.145. The van der Waals surface area contributed by atoms with Gasteiger partial charge in [-0.2, -0.15) is 10.1 Å². The van der Waals surface area contributed by atoms with Crippen molar-refractivity contribution < 1.29 is 0 Å². The van der Waals surface area contributed by atoms with Gasteiger partial charge in [0.15, 0.2) is 5.82 Å². The van der Waals surface area contributed by atoms with Crippen molar-refractivity contribution >= 4 is 23.2 Å². The normalized spacial score (nSPS) is 15.8. The minimum Gasteiger partial charge on any atom is -0.305 e. The molecule has 6 heteroatoms. The smallest absolute Gasteiger partial charge is 0.213 e. The molecule has 2 aromatic heterocycles. The number of aliphatic imine (C=N–C) groups is 1. The molecule has 7 rings (SSSR count). The lowest BCUT2D eigenvalue weighted by Gasteiger charge is -2.34. The summed E-state index contributed by atoms with van der Waals surface area (Å²) in [4.78, 5) is 14.8. The Hall–Kier alpha value is -4.71. The summed E-state index contributed by atoms with van der Waals surface area (Å²) in [6, 6.07) is 35.3. The van der Waals surface area contributed by atoms with E-state index < -0.39 is 0 Å². The van der Waals surface area contributed by atoms with E-state index in [4.69, 9.17) is 15.1 Å². The van der Waals surface area contributed by atoms with Gasteiger partial charge < -0.3 is 4.90 Å². The zero-order chi connectivity index (χ0) is 24.1. The van der Waals surface area contributed by atoms with Gasteiger partial charge in [-0.1, -0.05) is 66.7 Å². The maximum absolute atomic E-state index is 5.31. The molecule has 0 aliphatic carbocycles. The Labute approximate surface area is 209 Å². The van der Waals surface area contributed by atoms with Crippen LogP contribution in [-0.2, 0) is 6.54 Å². The number of fused-ring (bicyclic) bond motifs is 4. The van der Waals surface area contributed by atoms with Crippen LogP contribution in [0.2, 0.25) is 0 Å². The molecule has 4 heterocycles. The molecule has 36 heavy (non-hydrogen) atoms. The fourth-order valence-electron chi connectivity index (χ4n) is 5.28. The third kappa shape index (κ3) is 3.15. The van der Waals surface area contributed by atoms with Crippen LogP contribution in [-0.4, -0.2) is 20.7 Å². The van der Waals surface area contributed by atoms with Crippen LogP contribution in [0.15, 0.2) is 114 Å². The Balaban J connectivity index is 1.49. The zero-order valence-electron chi connectivity index (χ0n) is 19.9. The second-order valence-electron chi connectivity index (χ2n) is 9.07. The van der Waals surface area contributed by atoms with E-state index in [2.05, 4.69) is 89.5 Å². The summed E-state index contributed by atoms with van der Waals surface area (Å²) in [5, 5.41) is 4.97. The molecular formula is C30H24N6. The Morgan fingerprint density at radius 3 is 2.19 bits per heavy atom. The molecule has 0 N–H and O–H groups in total. The fraction of sp³-hybridized carbons (Fsp3) is 0.100. The predicted octanol–water partition coefficient (Wildman–Crippen LogP) is 6.19. The quantitative estimate of drug-likeness (QED) is 0.315. The van der Waals surface area contributed by atoms with Crippen molar-refractivity contribution in [1.29, 1.82) is 0 Å². The minimum atomic E-state index is -0.145. The van der Waals surface area contributed by atoms with Gasteiger partial charge >= 0.3 is 0 Å². The van der Waals surface area contributed by atoms with E-state index in [9.17, 15) is 0 Å². The SMILES string of the molecule is Cc1nn(-c2ccccc2)c2c1[C@@H](c1ccccn1)N1C(=N2)N(Cc2ccccc2)c2ccccc21. The molecule has 174 valence electrons. The van der Waals surface area contributed by atoms with Gasteiger partial charge in [-0.05, 0) is 48.9 Å². The van der Waals surface area contributed by atoms with E-state index in [0.717, 1.165) is 52.3 Å². The highest BCUT2D eigenvalue weighted by Gasteiger charge is 2.44. The number of hydrogen-bond donors (Lipinski definition) is 0. The highest BCUT2D eigenvalue weighted by atomic mass is 15.5. The third-order valence-corrected chi connectivity index (χ3v) is 6.86. The summed E-state index contributed by atoms with van der Waals surface area (Å²) < 4.78 is 1.97. The zero-order valence-corrected chi connectivity index (χ0v) is 19.9. The van der Waals surface area contributed by atoms with E-state index in [1.54, 1.807) is 0 Å². The number of para-hydroxylation sites is 3. The van der Waals surface area contributed by atoms with E-state index >= 15 is 0 Å². The molecule has 1 atom stereocenters. The van der Waals surface area contributed by atoms with Gasteiger partial charge in [-0.15, -0.1) is 0 Å². The lowest BCUT2D eigenvalue weighted by molar-refractivity contribution is 0.783. The number of pyridine rings is 1. The van der Waals surface area contributed by atoms with E-state index in [0.29, 0.717) is 0 Å². The molecule has 5 aromatic rings. The lowest BCUT2D eigenvalue weighted by Crippen LogP contribution is -2.43. The molecule has 0 saturated heterocycles. The maximum Gasteiger partial charge on any atom is 0.213 e. The number of guanidine groups is 1. The molecule has 2 aliphatic rings. The highest BCUT2D eigenvalue weighted by molar-refractivity contribution is 6.18. The molecule has 2 aliphatic heterocycles. The van der Waals surface area contributed by atoms with Crippen molar-refractivity contribution in [3.05, 3.63) is 132 Å². The molecule has 0 spiro atoms. The Morgan fingerprint density at radius 2 is 1.44 bits per heavy atom. The van der Waals surface area contributed by atoms with E-state index in [1.165, 1.54) is 5.56 Å². The summed E-state index contributed by atoms with van der Waals surface area (Å²) in [6.45, 7) is 2.79. The Kier molecular flexibility index (Phi) is 4.70. The summed E-state index contributed by atoms with van der Waals surface area (Å²) in [5.41, 5.74) is 7.49. The van der Waals surface area contributed by atoms with Gasteiger partial charge in [0.2, 0.25) is 5.96 Å². The van der Waals surface area contributed by atoms with Gasteiger partial charge in [-0.3, -0.25) is 9.88 Å². The number of rotatable bonds is 4. The second kappa shape index (κ2) is 8.20. The molecule has 6 nitrogen and oxygen atoms in total. The summed E-state index contributed by atoms with van der Waals surface area (Å²) >= 11 is 0. The van der Waals surface area contributed by atoms with Crippen LogP contribution >= 0.6 is 0 Å². The largest absolute Gasteiger partial charge is 0.305 e. The molecule has 0 bridgehead atoms. The van der Waals surface area contributed by atoms with Crippen molar-refractivity contribution in [2.45, 2.75) is 19.5 Å². The van der Waals surface area contributed by atoms with Crippen molar-refractivity contribution in [2.75, 3.05) is 9.80 Å². The molecule has 0 radical (unpaired) electrons. The molecule has 0 fully saturated rings. The molecule has 3 aromatic carbocycles. The van der Waals surface area contributed by atoms with Crippen LogP contribution in [0.4, 0.5) is 17.2 Å². The Bertz CT molecular complexity index is 1570. The fourth-order valence-corrected chi connectivity index (χ4v) is 5.28. The predicted molar refractivity (Wildman–Crippen MR) is 143 cm³/mol. The van der Waals surface area contributed by atoms with Crippen LogP contribution in [0.5, 0.6) is 0 Å². The number of anilines is 2. The van der Waals surface area contributed by atoms with Gasteiger partial charge in [0.25, 0.3) is 0 Å². The standard InChI is InChI=1S/C30H24N6/c1-21-27-28(24-16-10-11-19-31-24)35-26-18-9-8-17-25(26)34(20-22-12-4-2-5-13-22)30(35)32-29(27)36(33-21)23-14-6-3-7-15-23/h2-19,28H,20H2,1H3/t28-/m1/s1. The third-order valence-electron chi connectivity index (χ3n) is 6.86. The van der Waals surface area contributed by atoms with Crippen LogP contribution < -0.4 is 9.80 Å². The van der Waals surface area contributed by atoms with Gasteiger partial charge in [-0.25, -0.2) is 4.68 Å². The van der Waals surface area contributed by atoms with E-state index in [-0.39, 0.29) is 6.04 Å². The number of aromatic nitrogens is 3. The van der Waals surface area contributed by atoms with Crippen LogP contribution in [0.1, 0.15) is 28.6 Å². The van der Waals surface area contributed by atoms with Gasteiger partial charge in [0, 0.05) is 11.8 Å². The van der Waals surface area contributed by atoms with Crippen molar-refractivity contribution in [3.8, 4) is 5.69 Å². The second-order valence-corrected chi connectivity index (χ2v) is 9.07. The highest BCUT2D eigenvalue weighted by Crippen LogP contribution is 2.50. The number of aryl methyl sites for hydroxylation is 1. The monoisotopic (exact) mass is 468 g/mol. The van der Waals surface area contributed by atoms with E-state index in [1.807, 2.05) is 41.2 Å². The summed E-state index contributed by atoms with van der Waals surface area (Å²) in [6.07, 6.45) is 1.86. The molecular weight excluding hydrogens is 444 g/mol. The number of hydrogen-bond acceptors (Lipinski definition) is 5. The van der Waals surface area contributed by atoms with Crippen molar-refractivity contribution in [3.63, 3.8) is 0 Å². The topological polar surface area (TPSA) is 49.6 Å². The average molecular weight is 469 g/mol. The summed E-state index contributed by atoms with van der Waals surface area (Å²) in [5.74, 6) is 1.74. The van der Waals surface area contributed by atoms with Crippen molar-refractivity contribution in [2.24, 2.45) is 4.99 Å². The molecule has 0 unspecified atom stereocenters. The first-order valence-corrected chi connectivity index (χ1v) is 12.1. The Morgan fingerprint density at radius 1 is 0.750 bits per heavy atom. The maximum atomic E-state index is 5.31. The average Bonchev–Trinajstić information content (AvgIpc) is 3.44.